The maximum Gasteiger partial charge on any atom is -0.00218 e. The van der Waals surface area contributed by atoms with Gasteiger partial charge in [0.05, 0.1) is 0 Å². The van der Waals surface area contributed by atoms with Gasteiger partial charge in [-0.05, 0) is 60.0 Å². The van der Waals surface area contributed by atoms with E-state index in [1.807, 2.05) is 0 Å². The van der Waals surface area contributed by atoms with Crippen LogP contribution in [-0.4, -0.2) is 50.6 Å². The van der Waals surface area contributed by atoms with Gasteiger partial charge in [0, 0.05) is 0 Å². The molecule has 0 amide bonds. The van der Waals surface area contributed by atoms with Gasteiger partial charge in [0.25, 0.3) is 0 Å². The number of unbranched alkanes of at least 4 members (excludes halogenated alkanes) is 23. The van der Waals surface area contributed by atoms with Gasteiger partial charge in [0.2, 0.25) is 0 Å². The summed E-state index contributed by atoms with van der Waals surface area (Å²) < 4.78 is 0. The lowest BCUT2D eigenvalue weighted by Gasteiger charge is -2.16. The van der Waals surface area contributed by atoms with Crippen LogP contribution in [0.2, 0.25) is 0 Å². The van der Waals surface area contributed by atoms with Gasteiger partial charge >= 0.3 is 0 Å². The van der Waals surface area contributed by atoms with Crippen molar-refractivity contribution in [3.63, 3.8) is 0 Å². The lowest BCUT2D eigenvalue weighted by Crippen LogP contribution is -2.20. The molecular formula is C35H76N2. The van der Waals surface area contributed by atoms with E-state index >= 15 is 0 Å². The lowest BCUT2D eigenvalue weighted by atomic mass is 10.1. The fourth-order valence-corrected chi connectivity index (χ4v) is 5.06. The SMILES string of the molecule is CCCCCCCCCCCCN(C)CCCCCCCCCCCC.CCCCCCCCN(C)C. The largest absolute Gasteiger partial charge is 0.309 e. The van der Waals surface area contributed by atoms with Gasteiger partial charge in [-0.1, -0.05) is 168 Å². The first-order valence-corrected chi connectivity index (χ1v) is 17.4. The van der Waals surface area contributed by atoms with Crippen LogP contribution in [0.15, 0.2) is 0 Å². The third kappa shape index (κ3) is 40.6. The minimum atomic E-state index is 1.26. The normalized spacial score (nSPS) is 11.4. The van der Waals surface area contributed by atoms with Gasteiger partial charge in [-0.3, -0.25) is 0 Å². The Balaban J connectivity index is 0. The Morgan fingerprint density at radius 1 is 0.270 bits per heavy atom. The Kier molecular flexibility index (Phi) is 37.9. The first kappa shape index (κ1) is 39.1. The third-order valence-electron chi connectivity index (χ3n) is 7.75. The summed E-state index contributed by atoms with van der Waals surface area (Å²) in [7, 11) is 6.61. The number of nitrogens with zero attached hydrogens (tertiary/aromatic N) is 2. The van der Waals surface area contributed by atoms with Crippen LogP contribution in [0.5, 0.6) is 0 Å². The van der Waals surface area contributed by atoms with E-state index in [1.165, 1.54) is 187 Å². The highest BCUT2D eigenvalue weighted by Crippen LogP contribution is 2.12. The minimum absolute atomic E-state index is 1.26. The van der Waals surface area contributed by atoms with Crippen molar-refractivity contribution >= 4 is 0 Å². The smallest absolute Gasteiger partial charge is 0.00218 e. The highest BCUT2D eigenvalue weighted by Gasteiger charge is 1.99. The van der Waals surface area contributed by atoms with Crippen LogP contribution in [0.25, 0.3) is 0 Å². The predicted molar refractivity (Wildman–Crippen MR) is 173 cm³/mol. The zero-order valence-corrected chi connectivity index (χ0v) is 27.4. The fourth-order valence-electron chi connectivity index (χ4n) is 5.06. The molecule has 0 aromatic rings. The average molecular weight is 525 g/mol. The minimum Gasteiger partial charge on any atom is -0.309 e. The molecule has 0 aromatic heterocycles. The lowest BCUT2D eigenvalue weighted by molar-refractivity contribution is 0.314. The molecule has 0 radical (unpaired) electrons. The first-order chi connectivity index (χ1) is 18.1. The molecule has 0 spiro atoms. The average Bonchev–Trinajstić information content (AvgIpc) is 2.88. The molecule has 0 saturated heterocycles. The van der Waals surface area contributed by atoms with Crippen molar-refractivity contribution in [1.82, 2.24) is 9.80 Å². The van der Waals surface area contributed by atoms with Gasteiger partial charge in [-0.2, -0.15) is 0 Å². The van der Waals surface area contributed by atoms with E-state index in [0.29, 0.717) is 0 Å². The molecule has 0 fully saturated rings. The fraction of sp³-hybridized carbons (Fsp3) is 1.00. The van der Waals surface area contributed by atoms with Crippen molar-refractivity contribution in [1.29, 1.82) is 0 Å². The highest BCUT2D eigenvalue weighted by molar-refractivity contribution is 4.55. The zero-order chi connectivity index (χ0) is 27.7. The topological polar surface area (TPSA) is 6.48 Å². The number of hydrogen-bond donors (Lipinski definition) is 0. The molecule has 0 atom stereocenters. The van der Waals surface area contributed by atoms with Crippen LogP contribution in [-0.2, 0) is 0 Å². The molecule has 0 saturated carbocycles. The van der Waals surface area contributed by atoms with Crippen LogP contribution in [0.3, 0.4) is 0 Å². The van der Waals surface area contributed by atoms with Crippen LogP contribution >= 0.6 is 0 Å². The van der Waals surface area contributed by atoms with Crippen molar-refractivity contribution in [3.8, 4) is 0 Å². The third-order valence-corrected chi connectivity index (χ3v) is 7.75. The molecule has 0 heterocycles. The van der Waals surface area contributed by atoms with E-state index < -0.39 is 0 Å². The van der Waals surface area contributed by atoms with E-state index in [2.05, 4.69) is 51.7 Å². The second-order valence-electron chi connectivity index (χ2n) is 12.2. The molecule has 0 aromatic carbocycles. The summed E-state index contributed by atoms with van der Waals surface area (Å²) in [6.07, 6.45) is 37.3. The van der Waals surface area contributed by atoms with E-state index in [4.69, 9.17) is 0 Å². The summed E-state index contributed by atoms with van der Waals surface area (Å²) in [5, 5.41) is 0. The number of rotatable bonds is 29. The van der Waals surface area contributed by atoms with Crippen LogP contribution in [0, 0.1) is 0 Å². The Bertz CT molecular complexity index is 344. The molecule has 0 aliphatic rings. The summed E-state index contributed by atoms with van der Waals surface area (Å²) in [5.74, 6) is 0. The van der Waals surface area contributed by atoms with Crippen molar-refractivity contribution in [2.45, 2.75) is 188 Å². The zero-order valence-electron chi connectivity index (χ0n) is 27.4. The highest BCUT2D eigenvalue weighted by atomic mass is 15.1. The van der Waals surface area contributed by atoms with Gasteiger partial charge in [-0.25, -0.2) is 0 Å². The van der Waals surface area contributed by atoms with Crippen molar-refractivity contribution < 1.29 is 0 Å². The van der Waals surface area contributed by atoms with Gasteiger partial charge in [0.15, 0.2) is 0 Å². The maximum atomic E-state index is 2.56. The number of hydrogen-bond acceptors (Lipinski definition) is 2. The standard InChI is InChI=1S/C25H53N.C10H23N/c1-4-6-8-10-12-14-16-18-20-22-24-26(3)25-23-21-19-17-15-13-11-9-7-5-2;1-4-5-6-7-8-9-10-11(2)3/h4-25H2,1-3H3;4-10H2,1-3H3. The molecule has 0 unspecified atom stereocenters. The summed E-state index contributed by atoms with van der Waals surface area (Å²) in [6.45, 7) is 10.7. The summed E-state index contributed by atoms with van der Waals surface area (Å²) >= 11 is 0. The van der Waals surface area contributed by atoms with Crippen LogP contribution in [0.4, 0.5) is 0 Å². The molecule has 0 rings (SSSR count). The molecule has 0 aliphatic carbocycles. The van der Waals surface area contributed by atoms with E-state index in [9.17, 15) is 0 Å². The van der Waals surface area contributed by atoms with Gasteiger partial charge in [0.1, 0.15) is 0 Å². The maximum absolute atomic E-state index is 2.56. The van der Waals surface area contributed by atoms with Gasteiger partial charge < -0.3 is 9.80 Å². The van der Waals surface area contributed by atoms with Crippen molar-refractivity contribution in [3.05, 3.63) is 0 Å². The Morgan fingerprint density at radius 3 is 0.730 bits per heavy atom. The molecule has 0 aliphatic heterocycles. The Hall–Kier alpha value is -0.0800. The van der Waals surface area contributed by atoms with Crippen LogP contribution < -0.4 is 0 Å². The molecule has 226 valence electrons. The Morgan fingerprint density at radius 2 is 0.486 bits per heavy atom. The quantitative estimate of drug-likeness (QED) is 0.0897. The molecule has 2 heteroatoms. The molecular weight excluding hydrogens is 448 g/mol. The second-order valence-corrected chi connectivity index (χ2v) is 12.2. The van der Waals surface area contributed by atoms with E-state index in [1.54, 1.807) is 0 Å². The first-order valence-electron chi connectivity index (χ1n) is 17.4. The molecule has 2 nitrogen and oxygen atoms in total. The van der Waals surface area contributed by atoms with Crippen LogP contribution in [0.1, 0.15) is 188 Å². The van der Waals surface area contributed by atoms with Gasteiger partial charge in [-0.15, -0.1) is 0 Å². The monoisotopic (exact) mass is 525 g/mol. The summed E-state index contributed by atoms with van der Waals surface area (Å²) in [6, 6.07) is 0. The van der Waals surface area contributed by atoms with E-state index in [0.717, 1.165) is 0 Å². The molecule has 37 heavy (non-hydrogen) atoms. The van der Waals surface area contributed by atoms with Crippen molar-refractivity contribution in [2.24, 2.45) is 0 Å². The molecule has 0 N–H and O–H groups in total. The van der Waals surface area contributed by atoms with Crippen molar-refractivity contribution in [2.75, 3.05) is 40.8 Å². The van der Waals surface area contributed by atoms with E-state index in [-0.39, 0.29) is 0 Å². The summed E-state index contributed by atoms with van der Waals surface area (Å²) in [5.41, 5.74) is 0. The molecule has 0 bridgehead atoms. The summed E-state index contributed by atoms with van der Waals surface area (Å²) in [4.78, 5) is 4.83. The predicted octanol–water partition coefficient (Wildman–Crippen LogP) is 11.7. The Labute approximate surface area is 238 Å². The second kappa shape index (κ2) is 35.9.